The van der Waals surface area contributed by atoms with E-state index in [1.54, 1.807) is 30.3 Å². The van der Waals surface area contributed by atoms with Crippen LogP contribution in [0.4, 0.5) is 10.1 Å². The highest BCUT2D eigenvalue weighted by Gasteiger charge is 2.12. The van der Waals surface area contributed by atoms with Gasteiger partial charge in [0.05, 0.1) is 12.8 Å². The van der Waals surface area contributed by atoms with E-state index in [4.69, 9.17) is 9.47 Å². The second-order valence-corrected chi connectivity index (χ2v) is 6.16. The van der Waals surface area contributed by atoms with Gasteiger partial charge in [-0.2, -0.15) is 0 Å². The molecule has 2 aromatic rings. The molecule has 2 aromatic carbocycles. The number of nitrogens with one attached hydrogen (secondary N) is 2. The maximum absolute atomic E-state index is 13.6. The molecule has 0 aliphatic heterocycles. The Balaban J connectivity index is 1.74. The third kappa shape index (κ3) is 6.37. The summed E-state index contributed by atoms with van der Waals surface area (Å²) in [6, 6.07) is 10.4. The van der Waals surface area contributed by atoms with Crippen LogP contribution >= 0.6 is 15.9 Å². The van der Waals surface area contributed by atoms with E-state index in [0.29, 0.717) is 15.8 Å². The third-order valence-electron chi connectivity index (χ3n) is 3.31. The molecule has 0 saturated heterocycles. The lowest BCUT2D eigenvalue weighted by molar-refractivity contribution is -0.146. The fourth-order valence-corrected chi connectivity index (χ4v) is 2.30. The van der Waals surface area contributed by atoms with Crippen LogP contribution in [0.15, 0.2) is 46.9 Å². The van der Waals surface area contributed by atoms with Crippen molar-refractivity contribution in [1.29, 1.82) is 0 Å². The Kier molecular flexibility index (Phi) is 7.30. The number of esters is 1. The van der Waals surface area contributed by atoms with Gasteiger partial charge in [0, 0.05) is 10.0 Å². The molecule has 0 unspecified atom stereocenters. The predicted molar refractivity (Wildman–Crippen MR) is 99.0 cm³/mol. The van der Waals surface area contributed by atoms with Crippen molar-refractivity contribution >= 4 is 39.4 Å². The van der Waals surface area contributed by atoms with E-state index in [-0.39, 0.29) is 5.69 Å². The van der Waals surface area contributed by atoms with Crippen LogP contribution in [-0.4, -0.2) is 38.0 Å². The Labute approximate surface area is 163 Å². The first-order valence-electron chi connectivity index (χ1n) is 7.72. The number of carbonyl (C=O) groups is 3. The largest absolute Gasteiger partial charge is 0.497 e. The summed E-state index contributed by atoms with van der Waals surface area (Å²) in [6.45, 7) is -1.02. The number of halogens is 2. The molecule has 2 rings (SSSR count). The number of hydrogen-bond acceptors (Lipinski definition) is 5. The zero-order valence-electron chi connectivity index (χ0n) is 14.3. The van der Waals surface area contributed by atoms with Crippen molar-refractivity contribution in [3.63, 3.8) is 0 Å². The van der Waals surface area contributed by atoms with Gasteiger partial charge in [0.15, 0.2) is 6.61 Å². The van der Waals surface area contributed by atoms with E-state index in [1.807, 2.05) is 0 Å². The average molecular weight is 439 g/mol. The van der Waals surface area contributed by atoms with Gasteiger partial charge in [0.2, 0.25) is 0 Å². The van der Waals surface area contributed by atoms with E-state index < -0.39 is 36.8 Å². The second-order valence-electron chi connectivity index (χ2n) is 5.24. The minimum Gasteiger partial charge on any atom is -0.497 e. The summed E-state index contributed by atoms with van der Waals surface area (Å²) < 4.78 is 23.9. The molecule has 0 aliphatic carbocycles. The van der Waals surface area contributed by atoms with Crippen molar-refractivity contribution in [2.75, 3.05) is 25.6 Å². The van der Waals surface area contributed by atoms with Crippen LogP contribution in [0.5, 0.6) is 5.75 Å². The molecule has 0 radical (unpaired) electrons. The fraction of sp³-hybridized carbons (Fsp3) is 0.167. The molecule has 9 heteroatoms. The molecule has 0 bridgehead atoms. The second kappa shape index (κ2) is 9.67. The first-order valence-corrected chi connectivity index (χ1v) is 8.51. The summed E-state index contributed by atoms with van der Waals surface area (Å²) >= 11 is 3.10. The molecule has 2 N–H and O–H groups in total. The Morgan fingerprint density at radius 2 is 1.81 bits per heavy atom. The van der Waals surface area contributed by atoms with Gasteiger partial charge >= 0.3 is 5.97 Å². The minimum atomic E-state index is -0.803. The summed E-state index contributed by atoms with van der Waals surface area (Å²) in [5.74, 6) is -2.01. The summed E-state index contributed by atoms with van der Waals surface area (Å²) in [7, 11) is 1.51. The molecule has 2 amide bonds. The Morgan fingerprint density at radius 3 is 2.44 bits per heavy atom. The van der Waals surface area contributed by atoms with E-state index >= 15 is 0 Å². The number of methoxy groups -OCH3 is 1. The van der Waals surface area contributed by atoms with Crippen LogP contribution in [0.2, 0.25) is 0 Å². The highest BCUT2D eigenvalue weighted by atomic mass is 79.9. The summed E-state index contributed by atoms with van der Waals surface area (Å²) in [6.07, 6.45) is 0. The number of amides is 2. The molecule has 27 heavy (non-hydrogen) atoms. The van der Waals surface area contributed by atoms with Gasteiger partial charge < -0.3 is 20.1 Å². The van der Waals surface area contributed by atoms with Crippen molar-refractivity contribution in [1.82, 2.24) is 5.32 Å². The van der Waals surface area contributed by atoms with Crippen LogP contribution in [0, 0.1) is 5.82 Å². The van der Waals surface area contributed by atoms with Crippen molar-refractivity contribution in [3.8, 4) is 5.75 Å². The molecule has 0 heterocycles. The van der Waals surface area contributed by atoms with Crippen LogP contribution in [0.25, 0.3) is 0 Å². The van der Waals surface area contributed by atoms with Crippen LogP contribution in [0.3, 0.4) is 0 Å². The number of carbonyl (C=O) groups excluding carboxylic acids is 3. The summed E-state index contributed by atoms with van der Waals surface area (Å²) in [5.41, 5.74) is 0.305. The topological polar surface area (TPSA) is 93.7 Å². The lowest BCUT2D eigenvalue weighted by Gasteiger charge is -2.08. The van der Waals surface area contributed by atoms with Gasteiger partial charge in [-0.25, -0.2) is 4.39 Å². The van der Waals surface area contributed by atoms with Gasteiger partial charge in [-0.1, -0.05) is 15.9 Å². The Morgan fingerprint density at radius 1 is 1.11 bits per heavy atom. The third-order valence-corrected chi connectivity index (χ3v) is 3.81. The van der Waals surface area contributed by atoms with E-state index in [2.05, 4.69) is 26.6 Å². The zero-order valence-corrected chi connectivity index (χ0v) is 15.8. The quantitative estimate of drug-likeness (QED) is 0.647. The molecule has 7 nitrogen and oxygen atoms in total. The van der Waals surface area contributed by atoms with Gasteiger partial charge in [-0.3, -0.25) is 14.4 Å². The summed E-state index contributed by atoms with van der Waals surface area (Å²) in [4.78, 5) is 35.2. The molecular weight excluding hydrogens is 423 g/mol. The number of rotatable bonds is 7. The molecule has 0 spiro atoms. The van der Waals surface area contributed by atoms with Gasteiger partial charge in [0.25, 0.3) is 11.8 Å². The maximum atomic E-state index is 13.6. The van der Waals surface area contributed by atoms with Gasteiger partial charge in [0.1, 0.15) is 18.1 Å². The number of ether oxygens (including phenoxy) is 2. The van der Waals surface area contributed by atoms with Crippen LogP contribution in [0.1, 0.15) is 10.4 Å². The Hall–Kier alpha value is -2.94. The van der Waals surface area contributed by atoms with Crippen molar-refractivity contribution in [2.24, 2.45) is 0 Å². The van der Waals surface area contributed by atoms with Crippen molar-refractivity contribution in [2.45, 2.75) is 0 Å². The average Bonchev–Trinajstić information content (AvgIpc) is 2.66. The number of benzene rings is 2. The lowest BCUT2D eigenvalue weighted by atomic mass is 10.2. The number of anilines is 1. The van der Waals surface area contributed by atoms with Crippen molar-refractivity contribution < 1.29 is 28.2 Å². The van der Waals surface area contributed by atoms with E-state index in [9.17, 15) is 18.8 Å². The van der Waals surface area contributed by atoms with Gasteiger partial charge in [-0.05, 0) is 42.5 Å². The van der Waals surface area contributed by atoms with Crippen LogP contribution in [-0.2, 0) is 14.3 Å². The normalized spacial score (nSPS) is 10.0. The smallest absolute Gasteiger partial charge is 0.325 e. The molecule has 142 valence electrons. The molecule has 0 atom stereocenters. The minimum absolute atomic E-state index is 0.0351. The Bertz CT molecular complexity index is 842. The highest BCUT2D eigenvalue weighted by Crippen LogP contribution is 2.19. The monoisotopic (exact) mass is 438 g/mol. The van der Waals surface area contributed by atoms with Gasteiger partial charge in [-0.15, -0.1) is 0 Å². The lowest BCUT2D eigenvalue weighted by Crippen LogP contribution is -2.32. The molecule has 0 fully saturated rings. The fourth-order valence-electron chi connectivity index (χ4n) is 1.97. The maximum Gasteiger partial charge on any atom is 0.325 e. The van der Waals surface area contributed by atoms with Crippen LogP contribution < -0.4 is 15.4 Å². The van der Waals surface area contributed by atoms with Crippen molar-refractivity contribution in [3.05, 3.63) is 58.3 Å². The molecule has 0 aliphatic rings. The number of hydrogen-bond donors (Lipinski definition) is 2. The molecular formula is C18H16BrFN2O5. The standard InChI is InChI=1S/C18H16BrFN2O5/c1-26-13-5-2-11(3-6-13)18(25)21-9-17(24)27-10-16(23)22-15-7-4-12(19)8-14(15)20/h2-8H,9-10H2,1H3,(H,21,25)(H,22,23). The highest BCUT2D eigenvalue weighted by molar-refractivity contribution is 9.10. The summed E-state index contributed by atoms with van der Waals surface area (Å²) in [5, 5.41) is 4.66. The predicted octanol–water partition coefficient (Wildman–Crippen LogP) is 2.51. The van der Waals surface area contributed by atoms with E-state index in [1.165, 1.54) is 19.2 Å². The van der Waals surface area contributed by atoms with E-state index in [0.717, 1.165) is 0 Å². The SMILES string of the molecule is COc1ccc(C(=O)NCC(=O)OCC(=O)Nc2ccc(Br)cc2F)cc1. The molecule has 0 saturated carbocycles. The first-order chi connectivity index (χ1) is 12.9. The first kappa shape index (κ1) is 20.4. The zero-order chi connectivity index (χ0) is 19.8. The molecule has 0 aromatic heterocycles.